The molecule has 0 bridgehead atoms. The van der Waals surface area contributed by atoms with Crippen molar-refractivity contribution in [2.45, 2.75) is 13.3 Å². The van der Waals surface area contributed by atoms with Crippen LogP contribution in [0.25, 0.3) is 11.1 Å². The maximum atomic E-state index is 11.6. The van der Waals surface area contributed by atoms with Crippen molar-refractivity contribution in [1.82, 2.24) is 4.57 Å². The predicted octanol–water partition coefficient (Wildman–Crippen LogP) is 3.27. The summed E-state index contributed by atoms with van der Waals surface area (Å²) in [5.41, 5.74) is 3.07. The van der Waals surface area contributed by atoms with Gasteiger partial charge in [0.05, 0.1) is 0 Å². The summed E-state index contributed by atoms with van der Waals surface area (Å²) in [5, 5.41) is 0.451. The van der Waals surface area contributed by atoms with E-state index in [1.54, 1.807) is 13.1 Å². The van der Waals surface area contributed by atoms with Crippen molar-refractivity contribution in [2.75, 3.05) is 0 Å². The fourth-order valence-corrected chi connectivity index (χ4v) is 1.90. The minimum atomic E-state index is -0.0907. The van der Waals surface area contributed by atoms with Gasteiger partial charge in [0, 0.05) is 13.1 Å². The van der Waals surface area contributed by atoms with E-state index in [9.17, 15) is 4.79 Å². The summed E-state index contributed by atoms with van der Waals surface area (Å²) < 4.78 is 1.42. The summed E-state index contributed by atoms with van der Waals surface area (Å²) >= 11 is 5.99. The summed E-state index contributed by atoms with van der Waals surface area (Å²) in [7, 11) is 1.66. The van der Waals surface area contributed by atoms with Gasteiger partial charge in [-0.15, -0.1) is 0 Å². The van der Waals surface area contributed by atoms with E-state index >= 15 is 0 Å². The Hall–Kier alpha value is -1.54. The number of pyridine rings is 1. The first kappa shape index (κ1) is 11.9. The number of aryl methyl sites for hydroxylation is 1. The largest absolute Gasteiger partial charge is 0.302 e. The Morgan fingerprint density at radius 3 is 2.29 bits per heavy atom. The minimum Gasteiger partial charge on any atom is -0.302 e. The zero-order valence-electron chi connectivity index (χ0n) is 9.90. The van der Waals surface area contributed by atoms with Crippen molar-refractivity contribution in [1.29, 1.82) is 0 Å². The van der Waals surface area contributed by atoms with Crippen LogP contribution in [-0.4, -0.2) is 4.57 Å². The van der Waals surface area contributed by atoms with Gasteiger partial charge in [-0.2, -0.15) is 0 Å². The summed E-state index contributed by atoms with van der Waals surface area (Å²) in [6.07, 6.45) is 1.01. The van der Waals surface area contributed by atoms with Crippen LogP contribution in [0, 0.1) is 0 Å². The molecule has 2 nitrogen and oxygen atoms in total. The molecule has 3 heteroatoms. The summed E-state index contributed by atoms with van der Waals surface area (Å²) in [4.78, 5) is 11.6. The van der Waals surface area contributed by atoms with Gasteiger partial charge in [0.1, 0.15) is 5.15 Å². The van der Waals surface area contributed by atoms with E-state index in [4.69, 9.17) is 11.6 Å². The maximum absolute atomic E-state index is 11.6. The Bertz CT molecular complexity index is 584. The molecular formula is C14H14ClNO. The second-order valence-corrected chi connectivity index (χ2v) is 4.40. The number of hydrogen-bond acceptors (Lipinski definition) is 1. The zero-order chi connectivity index (χ0) is 12.4. The zero-order valence-corrected chi connectivity index (χ0v) is 10.7. The van der Waals surface area contributed by atoms with Crippen LogP contribution in [0.3, 0.4) is 0 Å². The van der Waals surface area contributed by atoms with Crippen LogP contribution in [0.4, 0.5) is 0 Å². The third-order valence-electron chi connectivity index (χ3n) is 2.90. The van der Waals surface area contributed by atoms with E-state index in [1.165, 1.54) is 10.1 Å². The molecule has 0 unspecified atom stereocenters. The SMILES string of the molecule is CCc1ccc(-c2cc(Cl)n(C)c(=O)c2)cc1. The number of halogens is 1. The molecule has 88 valence electrons. The van der Waals surface area contributed by atoms with E-state index in [2.05, 4.69) is 19.1 Å². The first-order valence-electron chi connectivity index (χ1n) is 5.57. The van der Waals surface area contributed by atoms with Crippen molar-refractivity contribution < 1.29 is 0 Å². The minimum absolute atomic E-state index is 0.0907. The highest BCUT2D eigenvalue weighted by molar-refractivity contribution is 6.29. The van der Waals surface area contributed by atoms with Gasteiger partial charge in [-0.25, -0.2) is 0 Å². The van der Waals surface area contributed by atoms with Crippen molar-refractivity contribution in [2.24, 2.45) is 7.05 Å². The van der Waals surface area contributed by atoms with Crippen molar-refractivity contribution in [3.8, 4) is 11.1 Å². The Balaban J connectivity index is 2.49. The molecule has 1 aromatic heterocycles. The average molecular weight is 248 g/mol. The lowest BCUT2D eigenvalue weighted by molar-refractivity contribution is 0.862. The summed E-state index contributed by atoms with van der Waals surface area (Å²) in [6.45, 7) is 2.12. The van der Waals surface area contributed by atoms with Gasteiger partial charge >= 0.3 is 0 Å². The van der Waals surface area contributed by atoms with Gasteiger partial charge in [-0.3, -0.25) is 4.79 Å². The number of nitrogens with zero attached hydrogens (tertiary/aromatic N) is 1. The Morgan fingerprint density at radius 2 is 1.76 bits per heavy atom. The van der Waals surface area contributed by atoms with E-state index in [0.29, 0.717) is 5.15 Å². The summed E-state index contributed by atoms with van der Waals surface area (Å²) in [5.74, 6) is 0. The van der Waals surface area contributed by atoms with Crippen LogP contribution < -0.4 is 5.56 Å². The Morgan fingerprint density at radius 1 is 1.12 bits per heavy atom. The lowest BCUT2D eigenvalue weighted by Crippen LogP contribution is -2.15. The first-order valence-corrected chi connectivity index (χ1v) is 5.95. The van der Waals surface area contributed by atoms with Gasteiger partial charge in [0.2, 0.25) is 0 Å². The molecule has 0 aliphatic carbocycles. The van der Waals surface area contributed by atoms with Gasteiger partial charge in [0.25, 0.3) is 5.56 Å². The first-order chi connectivity index (χ1) is 8.11. The normalized spacial score (nSPS) is 10.5. The second-order valence-electron chi connectivity index (χ2n) is 4.01. The van der Waals surface area contributed by atoms with Crippen LogP contribution in [0.15, 0.2) is 41.2 Å². The van der Waals surface area contributed by atoms with Crippen molar-refractivity contribution in [3.63, 3.8) is 0 Å². The van der Waals surface area contributed by atoms with E-state index in [1.807, 2.05) is 18.2 Å². The molecule has 1 heterocycles. The number of aromatic nitrogens is 1. The molecule has 0 saturated carbocycles. The molecule has 2 aromatic rings. The number of rotatable bonds is 2. The fraction of sp³-hybridized carbons (Fsp3) is 0.214. The molecule has 0 spiro atoms. The van der Waals surface area contributed by atoms with Gasteiger partial charge in [-0.1, -0.05) is 42.8 Å². The predicted molar refractivity (Wildman–Crippen MR) is 71.5 cm³/mol. The molecule has 0 radical (unpaired) electrons. The van der Waals surface area contributed by atoms with E-state index in [-0.39, 0.29) is 5.56 Å². The highest BCUT2D eigenvalue weighted by atomic mass is 35.5. The molecular weight excluding hydrogens is 234 g/mol. The Labute approximate surface area is 105 Å². The maximum Gasteiger partial charge on any atom is 0.252 e. The van der Waals surface area contributed by atoms with Gasteiger partial charge in [0.15, 0.2) is 0 Å². The third-order valence-corrected chi connectivity index (χ3v) is 3.26. The molecule has 1 aromatic carbocycles. The average Bonchev–Trinajstić information content (AvgIpc) is 2.35. The van der Waals surface area contributed by atoms with Crippen molar-refractivity contribution in [3.05, 3.63) is 57.5 Å². The van der Waals surface area contributed by atoms with E-state index < -0.39 is 0 Å². The van der Waals surface area contributed by atoms with Crippen LogP contribution in [0.1, 0.15) is 12.5 Å². The number of hydrogen-bond donors (Lipinski definition) is 0. The third kappa shape index (κ3) is 2.42. The highest BCUT2D eigenvalue weighted by Crippen LogP contribution is 2.21. The lowest BCUT2D eigenvalue weighted by atomic mass is 10.0. The molecule has 0 amide bonds. The van der Waals surface area contributed by atoms with Crippen molar-refractivity contribution >= 4 is 11.6 Å². The molecule has 0 atom stereocenters. The quantitative estimate of drug-likeness (QED) is 0.747. The van der Waals surface area contributed by atoms with Gasteiger partial charge in [-0.05, 0) is 29.2 Å². The van der Waals surface area contributed by atoms with Crippen LogP contribution >= 0.6 is 11.6 Å². The standard InChI is InChI=1S/C14H14ClNO/c1-3-10-4-6-11(7-5-10)12-8-13(15)16(2)14(17)9-12/h4-9H,3H2,1-2H3. The Kier molecular flexibility index (Phi) is 3.34. The molecule has 0 N–H and O–H groups in total. The molecule has 0 saturated heterocycles. The second kappa shape index (κ2) is 4.76. The summed E-state index contributed by atoms with van der Waals surface area (Å²) in [6, 6.07) is 11.6. The highest BCUT2D eigenvalue weighted by Gasteiger charge is 2.03. The molecule has 17 heavy (non-hydrogen) atoms. The van der Waals surface area contributed by atoms with Crippen LogP contribution in [-0.2, 0) is 13.5 Å². The molecule has 0 aliphatic heterocycles. The van der Waals surface area contributed by atoms with Crippen LogP contribution in [0.2, 0.25) is 5.15 Å². The molecule has 2 rings (SSSR count). The monoisotopic (exact) mass is 247 g/mol. The number of benzene rings is 1. The molecule has 0 aliphatic rings. The van der Waals surface area contributed by atoms with Crippen LogP contribution in [0.5, 0.6) is 0 Å². The topological polar surface area (TPSA) is 22.0 Å². The molecule has 0 fully saturated rings. The smallest absolute Gasteiger partial charge is 0.252 e. The van der Waals surface area contributed by atoms with Gasteiger partial charge < -0.3 is 4.57 Å². The lowest BCUT2D eigenvalue weighted by Gasteiger charge is -2.06. The fourth-order valence-electron chi connectivity index (χ4n) is 1.70. The van der Waals surface area contributed by atoms with E-state index in [0.717, 1.165) is 17.5 Å².